The molecule has 0 saturated carbocycles. The maximum Gasteiger partial charge on any atom is 0.224 e. The summed E-state index contributed by atoms with van der Waals surface area (Å²) in [7, 11) is 1.53. The lowest BCUT2D eigenvalue weighted by Crippen LogP contribution is -2.35. The normalized spacial score (nSPS) is 15.2. The van der Waals surface area contributed by atoms with Crippen LogP contribution in [0, 0.1) is 0 Å². The summed E-state index contributed by atoms with van der Waals surface area (Å²) in [5.41, 5.74) is 3.83. The molecule has 1 aliphatic heterocycles. The first-order valence-electron chi connectivity index (χ1n) is 11.8. The molecule has 1 fully saturated rings. The van der Waals surface area contributed by atoms with Crippen molar-refractivity contribution in [3.05, 3.63) is 58.7 Å². The summed E-state index contributed by atoms with van der Waals surface area (Å²) in [6.45, 7) is 10.5. The number of hydrogen-bond acceptors (Lipinski definition) is 6. The van der Waals surface area contributed by atoms with Crippen molar-refractivity contribution in [3.8, 4) is 11.5 Å². The summed E-state index contributed by atoms with van der Waals surface area (Å²) in [5.74, 6) is 0.252. The van der Waals surface area contributed by atoms with Crippen molar-refractivity contribution in [2.45, 2.75) is 39.7 Å². The first-order chi connectivity index (χ1) is 16.3. The topological polar surface area (TPSA) is 91.3 Å². The van der Waals surface area contributed by atoms with E-state index in [1.165, 1.54) is 18.7 Å². The second-order valence-electron chi connectivity index (χ2n) is 8.81. The Morgan fingerprint density at radius 3 is 2.38 bits per heavy atom. The van der Waals surface area contributed by atoms with Gasteiger partial charge in [0.25, 0.3) is 0 Å². The second kappa shape index (κ2) is 11.9. The predicted molar refractivity (Wildman–Crippen MR) is 134 cm³/mol. The van der Waals surface area contributed by atoms with Crippen LogP contribution in [0.3, 0.4) is 0 Å². The Balaban J connectivity index is 2.03. The van der Waals surface area contributed by atoms with Crippen molar-refractivity contribution in [2.75, 3.05) is 40.0 Å². The van der Waals surface area contributed by atoms with E-state index in [9.17, 15) is 15.0 Å². The van der Waals surface area contributed by atoms with Gasteiger partial charge in [0.1, 0.15) is 17.3 Å². The van der Waals surface area contributed by atoms with Crippen molar-refractivity contribution >= 4 is 17.2 Å². The van der Waals surface area contributed by atoms with Crippen LogP contribution in [0.1, 0.15) is 55.4 Å². The van der Waals surface area contributed by atoms with Crippen molar-refractivity contribution < 1.29 is 24.5 Å². The zero-order valence-corrected chi connectivity index (χ0v) is 20.6. The van der Waals surface area contributed by atoms with E-state index in [0.717, 1.165) is 38.4 Å². The minimum atomic E-state index is -0.133. The molecule has 0 aromatic heterocycles. The van der Waals surface area contributed by atoms with Gasteiger partial charge in [-0.1, -0.05) is 38.1 Å². The molecule has 3 N–H and O–H groups in total. The number of phenols is 2. The van der Waals surface area contributed by atoms with Gasteiger partial charge in [0.15, 0.2) is 0 Å². The zero-order chi connectivity index (χ0) is 24.7. The summed E-state index contributed by atoms with van der Waals surface area (Å²) >= 11 is 0. The standard InChI is InChI=1S/C27H36N2O5/c1-5-28-26(32)15-22(20-8-6-19(7-9-20)17-29-10-12-34-13-11-29)27(33-4)23-14-21(18(2)3)24(30)16-25(23)31/h6-9,14,16,18,30-31H,5,10-13,15,17H2,1-4H3,(H,28,32)/b27-22+. The Labute approximate surface area is 202 Å². The number of aromatic hydroxyl groups is 2. The van der Waals surface area contributed by atoms with E-state index in [1.54, 1.807) is 6.07 Å². The van der Waals surface area contributed by atoms with E-state index < -0.39 is 0 Å². The van der Waals surface area contributed by atoms with Crippen molar-refractivity contribution in [3.63, 3.8) is 0 Å². The Morgan fingerprint density at radius 2 is 1.79 bits per heavy atom. The first kappa shape index (κ1) is 25.6. The maximum atomic E-state index is 12.6. The maximum absolute atomic E-state index is 12.6. The Hall–Kier alpha value is -3.03. The number of rotatable bonds is 9. The molecule has 0 aliphatic carbocycles. The minimum absolute atomic E-state index is 0.0319. The van der Waals surface area contributed by atoms with Crippen LogP contribution in [0.4, 0.5) is 0 Å². The largest absolute Gasteiger partial charge is 0.508 e. The predicted octanol–water partition coefficient (Wildman–Crippen LogP) is 4.09. The van der Waals surface area contributed by atoms with Gasteiger partial charge in [-0.15, -0.1) is 0 Å². The van der Waals surface area contributed by atoms with Crippen LogP contribution >= 0.6 is 0 Å². The molecule has 0 radical (unpaired) electrons. The molecule has 1 aliphatic rings. The van der Waals surface area contributed by atoms with E-state index in [4.69, 9.17) is 9.47 Å². The van der Waals surface area contributed by atoms with Crippen LogP contribution in [0.25, 0.3) is 11.3 Å². The molecule has 1 amide bonds. The Morgan fingerprint density at radius 1 is 1.12 bits per heavy atom. The van der Waals surface area contributed by atoms with Crippen molar-refractivity contribution in [1.82, 2.24) is 10.2 Å². The van der Waals surface area contributed by atoms with Crippen molar-refractivity contribution in [2.24, 2.45) is 0 Å². The van der Waals surface area contributed by atoms with Gasteiger partial charge in [0.05, 0.1) is 32.3 Å². The molecule has 0 spiro atoms. The fourth-order valence-electron chi connectivity index (χ4n) is 4.20. The highest BCUT2D eigenvalue weighted by atomic mass is 16.5. The molecule has 0 bridgehead atoms. The van der Waals surface area contributed by atoms with Crippen LogP contribution in [-0.4, -0.2) is 61.0 Å². The van der Waals surface area contributed by atoms with Crippen LogP contribution in [0.5, 0.6) is 11.5 Å². The molecule has 0 atom stereocenters. The van der Waals surface area contributed by atoms with Gasteiger partial charge in [-0.2, -0.15) is 0 Å². The van der Waals surface area contributed by atoms with Gasteiger partial charge in [-0.25, -0.2) is 0 Å². The summed E-state index contributed by atoms with van der Waals surface area (Å²) in [6.07, 6.45) is 0.0944. The van der Waals surface area contributed by atoms with Gasteiger partial charge in [-0.3, -0.25) is 9.69 Å². The molecule has 7 heteroatoms. The smallest absolute Gasteiger partial charge is 0.224 e. The highest BCUT2D eigenvalue weighted by Crippen LogP contribution is 2.39. The van der Waals surface area contributed by atoms with Crippen LogP contribution < -0.4 is 5.32 Å². The summed E-state index contributed by atoms with van der Waals surface area (Å²) < 4.78 is 11.2. The van der Waals surface area contributed by atoms with E-state index >= 15 is 0 Å². The number of nitrogens with one attached hydrogen (secondary N) is 1. The summed E-state index contributed by atoms with van der Waals surface area (Å²) in [5, 5.41) is 23.8. The van der Waals surface area contributed by atoms with Crippen LogP contribution in [0.2, 0.25) is 0 Å². The Kier molecular flexibility index (Phi) is 8.96. The lowest BCUT2D eigenvalue weighted by atomic mass is 9.93. The fraction of sp³-hybridized carbons (Fsp3) is 0.444. The Bertz CT molecular complexity index is 1010. The number of benzene rings is 2. The molecule has 0 unspecified atom stereocenters. The quantitative estimate of drug-likeness (QED) is 0.379. The van der Waals surface area contributed by atoms with Crippen molar-refractivity contribution in [1.29, 1.82) is 0 Å². The van der Waals surface area contributed by atoms with Crippen LogP contribution in [-0.2, 0) is 20.8 Å². The number of hydrogen-bond donors (Lipinski definition) is 3. The lowest BCUT2D eigenvalue weighted by molar-refractivity contribution is -0.119. The SMILES string of the molecule is CCNC(=O)C/C(=C(\OC)c1cc(C(C)C)c(O)cc1O)c1ccc(CN2CCOCC2)cc1. The third-order valence-corrected chi connectivity index (χ3v) is 6.01. The van der Waals surface area contributed by atoms with Gasteiger partial charge >= 0.3 is 0 Å². The molecule has 184 valence electrons. The number of ether oxygens (including phenoxy) is 2. The van der Waals surface area contributed by atoms with Gasteiger partial charge in [-0.05, 0) is 35.6 Å². The number of carbonyl (C=O) groups excluding carboxylic acids is 1. The molecule has 3 rings (SSSR count). The van der Waals surface area contributed by atoms with Gasteiger partial charge in [0, 0.05) is 37.8 Å². The number of carbonyl (C=O) groups is 1. The number of nitrogens with zero attached hydrogens (tertiary/aromatic N) is 1. The molecule has 1 heterocycles. The number of phenolic OH excluding ortho intramolecular Hbond substituents is 2. The molecule has 1 saturated heterocycles. The fourth-order valence-corrected chi connectivity index (χ4v) is 4.20. The highest BCUT2D eigenvalue weighted by Gasteiger charge is 2.21. The van der Waals surface area contributed by atoms with E-state index in [0.29, 0.717) is 29.0 Å². The van der Waals surface area contributed by atoms with E-state index in [-0.39, 0.29) is 29.7 Å². The van der Waals surface area contributed by atoms with E-state index in [2.05, 4.69) is 22.3 Å². The van der Waals surface area contributed by atoms with Gasteiger partial charge < -0.3 is 25.0 Å². The average Bonchev–Trinajstić information content (AvgIpc) is 2.81. The van der Waals surface area contributed by atoms with E-state index in [1.807, 2.05) is 32.9 Å². The first-order valence-corrected chi connectivity index (χ1v) is 11.8. The lowest BCUT2D eigenvalue weighted by Gasteiger charge is -2.26. The zero-order valence-electron chi connectivity index (χ0n) is 20.6. The molecule has 7 nitrogen and oxygen atoms in total. The molecule has 34 heavy (non-hydrogen) atoms. The molecular formula is C27H36N2O5. The second-order valence-corrected chi connectivity index (χ2v) is 8.81. The number of amides is 1. The highest BCUT2D eigenvalue weighted by molar-refractivity contribution is 5.98. The third-order valence-electron chi connectivity index (χ3n) is 6.01. The molecular weight excluding hydrogens is 432 g/mol. The summed E-state index contributed by atoms with van der Waals surface area (Å²) in [6, 6.07) is 11.2. The third kappa shape index (κ3) is 6.30. The number of methoxy groups -OCH3 is 1. The van der Waals surface area contributed by atoms with Gasteiger partial charge in [0.2, 0.25) is 5.91 Å². The average molecular weight is 469 g/mol. The molecule has 2 aromatic rings. The monoisotopic (exact) mass is 468 g/mol. The van der Waals surface area contributed by atoms with Crippen LogP contribution in [0.15, 0.2) is 36.4 Å². The summed E-state index contributed by atoms with van der Waals surface area (Å²) in [4.78, 5) is 15.0. The molecule has 2 aromatic carbocycles. The minimum Gasteiger partial charge on any atom is -0.508 e. The number of morpholine rings is 1.